The number of rotatable bonds is 17. The van der Waals surface area contributed by atoms with E-state index in [1.165, 1.54) is 11.1 Å². The van der Waals surface area contributed by atoms with Gasteiger partial charge in [0.2, 0.25) is 6.41 Å². The summed E-state index contributed by atoms with van der Waals surface area (Å²) < 4.78 is 11.5. The number of carbonyl (C=O) groups excluding carboxylic acids is 1. The van der Waals surface area contributed by atoms with Crippen LogP contribution in [0.2, 0.25) is 0 Å². The molecule has 5 aromatic rings. The second-order valence-corrected chi connectivity index (χ2v) is 11.1. The number of aliphatic hydroxyl groups excluding tert-OH is 1. The molecule has 5 aromatic carbocycles. The van der Waals surface area contributed by atoms with Crippen LogP contribution in [-0.2, 0) is 24.4 Å². The topological polar surface area (TPSA) is 83.1 Å². The molecule has 1 atom stereocenters. The quantitative estimate of drug-likeness (QED) is 0.0928. The summed E-state index contributed by atoms with van der Waals surface area (Å²) in [7, 11) is 0. The van der Waals surface area contributed by atoms with Gasteiger partial charge >= 0.3 is 0 Å². The molecule has 5 rings (SSSR count). The third-order valence-corrected chi connectivity index (χ3v) is 7.64. The van der Waals surface area contributed by atoms with Gasteiger partial charge in [-0.15, -0.1) is 0 Å². The average molecular weight is 616 g/mol. The van der Waals surface area contributed by atoms with Crippen molar-refractivity contribution < 1.29 is 19.4 Å². The van der Waals surface area contributed by atoms with Crippen molar-refractivity contribution in [1.29, 1.82) is 0 Å². The van der Waals surface area contributed by atoms with E-state index in [1.54, 1.807) is 12.1 Å². The summed E-state index contributed by atoms with van der Waals surface area (Å²) in [5.74, 6) is 1.41. The molecule has 3 N–H and O–H groups in total. The molecule has 0 heterocycles. The van der Waals surface area contributed by atoms with Gasteiger partial charge in [-0.05, 0) is 84.1 Å². The molecule has 1 amide bonds. The highest BCUT2D eigenvalue weighted by molar-refractivity contribution is 5.76. The van der Waals surface area contributed by atoms with Crippen LogP contribution in [0.4, 0.5) is 17.1 Å². The van der Waals surface area contributed by atoms with Crippen LogP contribution in [0.15, 0.2) is 127 Å². The van der Waals surface area contributed by atoms with Gasteiger partial charge in [-0.2, -0.15) is 0 Å². The van der Waals surface area contributed by atoms with Crippen LogP contribution < -0.4 is 20.1 Å². The first kappa shape index (κ1) is 32.3. The standard InChI is InChI=1S/C39H41N3O4/c1-2-45-36-20-18-35(19-21-36)41-34-16-13-30(14-17-34)23-24-42(26-31-9-5-3-6-10-31)27-38(44)33-15-22-39(37(25-33)40-29-43)46-28-32-11-7-4-8-12-32/h3-22,25,29,38,41,44H,2,23-24,26-28H2,1H3,(H,40,43)/t38-/m0/s1. The summed E-state index contributed by atoms with van der Waals surface area (Å²) in [6.07, 6.45) is 0.689. The van der Waals surface area contributed by atoms with Gasteiger partial charge in [0.05, 0.1) is 18.4 Å². The Kier molecular flexibility index (Phi) is 11.8. The van der Waals surface area contributed by atoms with Crippen molar-refractivity contribution in [2.24, 2.45) is 0 Å². The van der Waals surface area contributed by atoms with Gasteiger partial charge in [-0.25, -0.2) is 0 Å². The smallest absolute Gasteiger partial charge is 0.211 e. The Morgan fingerprint density at radius 1 is 0.761 bits per heavy atom. The summed E-state index contributed by atoms with van der Waals surface area (Å²) in [6, 6.07) is 42.0. The first-order valence-electron chi connectivity index (χ1n) is 15.6. The van der Waals surface area contributed by atoms with Gasteiger partial charge in [0, 0.05) is 31.0 Å². The zero-order chi connectivity index (χ0) is 32.0. The Hall–Kier alpha value is -5.11. The van der Waals surface area contributed by atoms with E-state index in [4.69, 9.17) is 9.47 Å². The summed E-state index contributed by atoms with van der Waals surface area (Å²) in [4.78, 5) is 13.6. The maximum absolute atomic E-state index is 11.4. The molecule has 0 bridgehead atoms. The molecular weight excluding hydrogens is 574 g/mol. The number of carbonyl (C=O) groups is 1. The summed E-state index contributed by atoms with van der Waals surface area (Å²) in [5, 5.41) is 17.5. The summed E-state index contributed by atoms with van der Waals surface area (Å²) in [5.41, 5.74) is 6.66. The van der Waals surface area contributed by atoms with Crippen molar-refractivity contribution in [2.75, 3.05) is 30.3 Å². The van der Waals surface area contributed by atoms with Crippen molar-refractivity contribution in [3.8, 4) is 11.5 Å². The second-order valence-electron chi connectivity index (χ2n) is 11.1. The Morgan fingerprint density at radius 2 is 1.41 bits per heavy atom. The predicted octanol–water partition coefficient (Wildman–Crippen LogP) is 7.75. The van der Waals surface area contributed by atoms with Crippen LogP contribution in [0.1, 0.15) is 35.3 Å². The van der Waals surface area contributed by atoms with E-state index in [0.717, 1.165) is 35.7 Å². The van der Waals surface area contributed by atoms with Crippen LogP contribution in [0.3, 0.4) is 0 Å². The van der Waals surface area contributed by atoms with E-state index in [2.05, 4.69) is 51.9 Å². The molecule has 0 aliphatic heterocycles. The summed E-state index contributed by atoms with van der Waals surface area (Å²) >= 11 is 0. The van der Waals surface area contributed by atoms with Crippen molar-refractivity contribution in [1.82, 2.24) is 4.90 Å². The van der Waals surface area contributed by atoms with Gasteiger partial charge in [-0.3, -0.25) is 9.69 Å². The molecular formula is C39H41N3O4. The number of anilines is 3. The second kappa shape index (κ2) is 16.8. The molecule has 0 saturated heterocycles. The van der Waals surface area contributed by atoms with E-state index < -0.39 is 6.10 Å². The highest BCUT2D eigenvalue weighted by atomic mass is 16.5. The molecule has 46 heavy (non-hydrogen) atoms. The zero-order valence-electron chi connectivity index (χ0n) is 26.1. The zero-order valence-corrected chi connectivity index (χ0v) is 26.1. The first-order chi connectivity index (χ1) is 22.6. The number of ether oxygens (including phenoxy) is 2. The van der Waals surface area contributed by atoms with Gasteiger partial charge in [-0.1, -0.05) is 78.9 Å². The normalized spacial score (nSPS) is 11.5. The van der Waals surface area contributed by atoms with Crippen molar-refractivity contribution in [3.05, 3.63) is 150 Å². The highest BCUT2D eigenvalue weighted by Crippen LogP contribution is 2.30. The highest BCUT2D eigenvalue weighted by Gasteiger charge is 2.17. The fraction of sp³-hybridized carbons (Fsp3) is 0.205. The molecule has 7 heteroatoms. The largest absolute Gasteiger partial charge is 0.494 e. The lowest BCUT2D eigenvalue weighted by Crippen LogP contribution is -2.30. The fourth-order valence-corrected chi connectivity index (χ4v) is 5.23. The molecule has 0 saturated carbocycles. The van der Waals surface area contributed by atoms with Crippen molar-refractivity contribution in [3.63, 3.8) is 0 Å². The fourth-order valence-electron chi connectivity index (χ4n) is 5.23. The number of benzene rings is 5. The number of nitrogens with zero attached hydrogens (tertiary/aromatic N) is 1. The van der Waals surface area contributed by atoms with E-state index in [9.17, 15) is 9.90 Å². The van der Waals surface area contributed by atoms with E-state index in [1.807, 2.05) is 85.8 Å². The van der Waals surface area contributed by atoms with Crippen molar-refractivity contribution in [2.45, 2.75) is 32.6 Å². The predicted molar refractivity (Wildman–Crippen MR) is 185 cm³/mol. The van der Waals surface area contributed by atoms with Crippen LogP contribution >= 0.6 is 0 Å². The molecule has 0 fully saturated rings. The molecule has 0 aromatic heterocycles. The molecule has 0 aliphatic carbocycles. The van der Waals surface area contributed by atoms with Gasteiger partial charge in [0.15, 0.2) is 0 Å². The van der Waals surface area contributed by atoms with Gasteiger partial charge < -0.3 is 25.2 Å². The van der Waals surface area contributed by atoms with E-state index in [-0.39, 0.29) is 0 Å². The minimum atomic E-state index is -0.764. The number of hydrogen-bond acceptors (Lipinski definition) is 6. The molecule has 7 nitrogen and oxygen atoms in total. The Balaban J connectivity index is 1.23. The molecule has 0 aliphatic rings. The lowest BCUT2D eigenvalue weighted by molar-refractivity contribution is -0.105. The maximum atomic E-state index is 11.4. The van der Waals surface area contributed by atoms with Crippen LogP contribution in [0.5, 0.6) is 11.5 Å². The van der Waals surface area contributed by atoms with E-state index in [0.29, 0.717) is 49.7 Å². The lowest BCUT2D eigenvalue weighted by Gasteiger charge is -2.26. The van der Waals surface area contributed by atoms with Crippen LogP contribution in [-0.4, -0.2) is 36.1 Å². The van der Waals surface area contributed by atoms with Crippen molar-refractivity contribution >= 4 is 23.5 Å². The molecule has 0 unspecified atom stereocenters. The number of amides is 1. The van der Waals surface area contributed by atoms with Crippen LogP contribution in [0.25, 0.3) is 0 Å². The number of aliphatic hydroxyl groups is 1. The van der Waals surface area contributed by atoms with Gasteiger partial charge in [0.1, 0.15) is 18.1 Å². The number of nitrogens with one attached hydrogen (secondary N) is 2. The third-order valence-electron chi connectivity index (χ3n) is 7.64. The van der Waals surface area contributed by atoms with Crippen LogP contribution in [0, 0.1) is 0 Å². The molecule has 0 radical (unpaired) electrons. The van der Waals surface area contributed by atoms with Gasteiger partial charge in [0.25, 0.3) is 0 Å². The average Bonchev–Trinajstić information content (AvgIpc) is 3.09. The maximum Gasteiger partial charge on any atom is 0.211 e. The SMILES string of the molecule is CCOc1ccc(Nc2ccc(CCN(Cc3ccccc3)C[C@H](O)c3ccc(OCc4ccccc4)c(NC=O)c3)cc2)cc1. The Bertz CT molecular complexity index is 1630. The minimum Gasteiger partial charge on any atom is -0.494 e. The lowest BCUT2D eigenvalue weighted by atomic mass is 10.1. The Morgan fingerprint density at radius 3 is 2.07 bits per heavy atom. The summed E-state index contributed by atoms with van der Waals surface area (Å²) in [6.45, 7) is 4.89. The van der Waals surface area contributed by atoms with E-state index >= 15 is 0 Å². The first-order valence-corrected chi connectivity index (χ1v) is 15.6. The third kappa shape index (κ3) is 9.69. The Labute approximate surface area is 271 Å². The minimum absolute atomic E-state index is 0.375. The molecule has 236 valence electrons. The monoisotopic (exact) mass is 615 g/mol. The number of hydrogen-bond donors (Lipinski definition) is 3. The molecule has 0 spiro atoms.